The van der Waals surface area contributed by atoms with E-state index >= 15 is 0 Å². The maximum Gasteiger partial charge on any atom is 0.410 e. The van der Waals surface area contributed by atoms with E-state index in [0.717, 1.165) is 10.5 Å². The van der Waals surface area contributed by atoms with Crippen LogP contribution in [0.4, 0.5) is 4.79 Å². The molecular formula is C18H20N2O6. The van der Waals surface area contributed by atoms with E-state index in [1.807, 2.05) is 30.3 Å². The van der Waals surface area contributed by atoms with Gasteiger partial charge >= 0.3 is 12.1 Å². The molecule has 2 fully saturated rings. The number of carbonyl (C=O) groups excluding carboxylic acids is 3. The van der Waals surface area contributed by atoms with E-state index in [2.05, 4.69) is 0 Å². The first kappa shape index (κ1) is 17.9. The zero-order valence-electron chi connectivity index (χ0n) is 14.2. The Bertz CT molecular complexity index is 718. The maximum absolute atomic E-state index is 12.4. The first-order chi connectivity index (χ1) is 12.4. The summed E-state index contributed by atoms with van der Waals surface area (Å²) in [5.74, 6) is -2.28. The maximum atomic E-state index is 12.4. The van der Waals surface area contributed by atoms with Crippen LogP contribution >= 0.6 is 0 Å². The number of piperidine rings is 1. The lowest BCUT2D eigenvalue weighted by atomic mass is 9.87. The van der Waals surface area contributed by atoms with Crippen LogP contribution in [-0.2, 0) is 25.7 Å². The average Bonchev–Trinajstić information content (AvgIpc) is 2.99. The molecule has 0 saturated carbocycles. The van der Waals surface area contributed by atoms with Gasteiger partial charge in [0.2, 0.25) is 11.8 Å². The molecule has 0 aliphatic carbocycles. The van der Waals surface area contributed by atoms with E-state index in [0.29, 0.717) is 13.0 Å². The Kier molecular flexibility index (Phi) is 4.92. The number of carbonyl (C=O) groups is 4. The molecule has 1 aromatic rings. The number of hydrogen-bond acceptors (Lipinski definition) is 5. The van der Waals surface area contributed by atoms with Crippen molar-refractivity contribution in [3.8, 4) is 0 Å². The third kappa shape index (κ3) is 3.26. The van der Waals surface area contributed by atoms with Gasteiger partial charge in [-0.3, -0.25) is 14.5 Å². The predicted molar refractivity (Wildman–Crippen MR) is 88.9 cm³/mol. The van der Waals surface area contributed by atoms with Gasteiger partial charge in [0.15, 0.2) is 5.54 Å². The van der Waals surface area contributed by atoms with Crippen molar-refractivity contribution in [2.24, 2.45) is 0 Å². The van der Waals surface area contributed by atoms with Gasteiger partial charge < -0.3 is 14.7 Å². The smallest absolute Gasteiger partial charge is 0.410 e. The van der Waals surface area contributed by atoms with Crippen LogP contribution in [0.2, 0.25) is 0 Å². The largest absolute Gasteiger partial charge is 0.479 e. The number of hydrogen-bond donors (Lipinski definition) is 1. The summed E-state index contributed by atoms with van der Waals surface area (Å²) >= 11 is 0. The number of likely N-dealkylation sites (tertiary alicyclic amines) is 2. The second-order valence-electron chi connectivity index (χ2n) is 6.52. The summed E-state index contributed by atoms with van der Waals surface area (Å²) in [7, 11) is 0. The van der Waals surface area contributed by atoms with Crippen LogP contribution in [0.3, 0.4) is 0 Å². The number of benzene rings is 1. The second-order valence-corrected chi connectivity index (χ2v) is 6.52. The van der Waals surface area contributed by atoms with E-state index in [4.69, 9.17) is 4.74 Å². The summed E-state index contributed by atoms with van der Waals surface area (Å²) in [6.45, 7) is 0.129. The van der Waals surface area contributed by atoms with Crippen LogP contribution in [0.1, 0.15) is 31.2 Å². The molecule has 26 heavy (non-hydrogen) atoms. The number of carboxylic acids is 1. The normalized spacial score (nSPS) is 23.2. The van der Waals surface area contributed by atoms with E-state index in [1.165, 1.54) is 4.90 Å². The number of rotatable bonds is 4. The Morgan fingerprint density at radius 1 is 1.12 bits per heavy atom. The molecular weight excluding hydrogens is 340 g/mol. The third-order valence-corrected chi connectivity index (χ3v) is 4.81. The van der Waals surface area contributed by atoms with E-state index in [-0.39, 0.29) is 32.4 Å². The Labute approximate surface area is 150 Å². The van der Waals surface area contributed by atoms with E-state index in [1.54, 1.807) is 0 Å². The molecule has 0 spiro atoms. The summed E-state index contributed by atoms with van der Waals surface area (Å²) < 4.78 is 5.26. The highest BCUT2D eigenvalue weighted by Gasteiger charge is 2.54. The van der Waals surface area contributed by atoms with Crippen molar-refractivity contribution >= 4 is 23.9 Å². The number of ether oxygens (including phenoxy) is 1. The zero-order valence-corrected chi connectivity index (χ0v) is 14.2. The van der Waals surface area contributed by atoms with Gasteiger partial charge in [-0.1, -0.05) is 30.3 Å². The van der Waals surface area contributed by atoms with Gasteiger partial charge in [-0.25, -0.2) is 9.59 Å². The molecule has 0 unspecified atom stereocenters. The van der Waals surface area contributed by atoms with Gasteiger partial charge in [-0.05, 0) is 18.4 Å². The fourth-order valence-electron chi connectivity index (χ4n) is 3.51. The molecule has 2 aliphatic rings. The van der Waals surface area contributed by atoms with Crippen LogP contribution in [0.25, 0.3) is 0 Å². The van der Waals surface area contributed by atoms with Crippen LogP contribution < -0.4 is 0 Å². The minimum absolute atomic E-state index is 0.00627. The summed E-state index contributed by atoms with van der Waals surface area (Å²) in [4.78, 5) is 50.6. The van der Waals surface area contributed by atoms with Crippen LogP contribution in [0.5, 0.6) is 0 Å². The Morgan fingerprint density at radius 2 is 1.77 bits per heavy atom. The molecule has 0 bridgehead atoms. The van der Waals surface area contributed by atoms with Crippen LogP contribution in [0, 0.1) is 0 Å². The Balaban J connectivity index is 1.73. The van der Waals surface area contributed by atoms with Gasteiger partial charge in [0.05, 0.1) is 6.54 Å². The SMILES string of the molecule is O=C(OCc1ccccc1)N1CCC[C@@](C(=O)O)(N2C(=O)CCC2=O)C1. The summed E-state index contributed by atoms with van der Waals surface area (Å²) in [6, 6.07) is 9.12. The van der Waals surface area contributed by atoms with Gasteiger partial charge in [-0.15, -0.1) is 0 Å². The molecule has 0 aromatic heterocycles. The molecule has 138 valence electrons. The second kappa shape index (κ2) is 7.15. The van der Waals surface area contributed by atoms with Crippen molar-refractivity contribution in [1.29, 1.82) is 0 Å². The highest BCUT2D eigenvalue weighted by molar-refractivity contribution is 6.06. The molecule has 8 heteroatoms. The van der Waals surface area contributed by atoms with Crippen molar-refractivity contribution in [2.75, 3.05) is 13.1 Å². The molecule has 1 atom stereocenters. The summed E-state index contributed by atoms with van der Waals surface area (Å²) in [5.41, 5.74) is -0.901. The molecule has 2 saturated heterocycles. The Morgan fingerprint density at radius 3 is 2.38 bits per heavy atom. The van der Waals surface area contributed by atoms with E-state index < -0.39 is 29.4 Å². The molecule has 2 aliphatic heterocycles. The molecule has 0 radical (unpaired) electrons. The highest BCUT2D eigenvalue weighted by Crippen LogP contribution is 2.33. The number of imide groups is 1. The minimum Gasteiger partial charge on any atom is -0.479 e. The first-order valence-electron chi connectivity index (χ1n) is 8.49. The molecule has 1 aromatic carbocycles. The lowest BCUT2D eigenvalue weighted by Crippen LogP contribution is -2.65. The summed E-state index contributed by atoms with van der Waals surface area (Å²) in [6.07, 6.45) is -0.150. The summed E-state index contributed by atoms with van der Waals surface area (Å²) in [5, 5.41) is 9.77. The Hall–Kier alpha value is -2.90. The monoisotopic (exact) mass is 360 g/mol. The van der Waals surface area contributed by atoms with Crippen molar-refractivity contribution < 1.29 is 29.0 Å². The number of amides is 3. The van der Waals surface area contributed by atoms with Crippen LogP contribution in [0.15, 0.2) is 30.3 Å². The van der Waals surface area contributed by atoms with Crippen molar-refractivity contribution in [1.82, 2.24) is 9.80 Å². The van der Waals surface area contributed by atoms with E-state index in [9.17, 15) is 24.3 Å². The molecule has 3 amide bonds. The minimum atomic E-state index is -1.71. The number of nitrogens with zero attached hydrogens (tertiary/aromatic N) is 2. The first-order valence-corrected chi connectivity index (χ1v) is 8.49. The average molecular weight is 360 g/mol. The number of aliphatic carboxylic acids is 1. The van der Waals surface area contributed by atoms with Crippen molar-refractivity contribution in [3.05, 3.63) is 35.9 Å². The lowest BCUT2D eigenvalue weighted by molar-refractivity contribution is -0.166. The zero-order chi connectivity index (χ0) is 18.7. The lowest BCUT2D eigenvalue weighted by Gasteiger charge is -2.43. The quantitative estimate of drug-likeness (QED) is 0.814. The fraction of sp³-hybridized carbons (Fsp3) is 0.444. The topological polar surface area (TPSA) is 104 Å². The number of carboxylic acid groups (broad SMARTS) is 1. The van der Waals surface area contributed by atoms with Crippen molar-refractivity contribution in [3.63, 3.8) is 0 Å². The highest BCUT2D eigenvalue weighted by atomic mass is 16.6. The molecule has 1 N–H and O–H groups in total. The van der Waals surface area contributed by atoms with Crippen LogP contribution in [-0.4, -0.2) is 57.4 Å². The van der Waals surface area contributed by atoms with Crippen molar-refractivity contribution in [2.45, 2.75) is 37.8 Å². The predicted octanol–water partition coefficient (Wildman–Crippen LogP) is 1.39. The standard InChI is InChI=1S/C18H20N2O6/c21-14-7-8-15(22)20(14)18(16(23)24)9-4-10-19(12-18)17(25)26-11-13-5-2-1-3-6-13/h1-3,5-6H,4,7-12H2,(H,23,24)/t18-/m1/s1. The van der Waals surface area contributed by atoms with Gasteiger partial charge in [0.25, 0.3) is 0 Å². The van der Waals surface area contributed by atoms with Gasteiger partial charge in [0, 0.05) is 19.4 Å². The molecule has 2 heterocycles. The molecule has 3 rings (SSSR count). The molecule has 8 nitrogen and oxygen atoms in total. The van der Waals surface area contributed by atoms with Gasteiger partial charge in [-0.2, -0.15) is 0 Å². The van der Waals surface area contributed by atoms with Gasteiger partial charge in [0.1, 0.15) is 6.61 Å². The fourth-order valence-corrected chi connectivity index (χ4v) is 3.51. The third-order valence-electron chi connectivity index (χ3n) is 4.81.